The summed E-state index contributed by atoms with van der Waals surface area (Å²) in [5.74, 6) is -0.278. The number of benzene rings is 2. The standard InChI is InChI=1S/C23H31NO2/c1-5-12-21(25)18(3)23(26)24(4)22(20-15-10-7-11-16-20)17(2)19-13-8-6-9-14-19/h6-11,13-18,21-22,25H,5,12H2,1-4H3/t17-,18+,21-,22+/m1/s1. The highest BCUT2D eigenvalue weighted by atomic mass is 16.3. The molecule has 1 amide bonds. The van der Waals surface area contributed by atoms with E-state index in [0.29, 0.717) is 6.42 Å². The van der Waals surface area contributed by atoms with Crippen molar-refractivity contribution in [3.8, 4) is 0 Å². The van der Waals surface area contributed by atoms with Crippen LogP contribution in [0, 0.1) is 5.92 Å². The van der Waals surface area contributed by atoms with Gasteiger partial charge >= 0.3 is 0 Å². The van der Waals surface area contributed by atoms with Gasteiger partial charge in [-0.25, -0.2) is 0 Å². The normalized spacial score (nSPS) is 15.7. The summed E-state index contributed by atoms with van der Waals surface area (Å²) in [6.45, 7) is 6.01. The zero-order chi connectivity index (χ0) is 19.1. The molecule has 0 aliphatic heterocycles. The number of carbonyl (C=O) groups is 1. The summed E-state index contributed by atoms with van der Waals surface area (Å²) in [7, 11) is 1.86. The number of amides is 1. The van der Waals surface area contributed by atoms with Gasteiger partial charge in [0.15, 0.2) is 0 Å². The highest BCUT2D eigenvalue weighted by Crippen LogP contribution is 2.35. The first kappa shape index (κ1) is 20.2. The topological polar surface area (TPSA) is 40.5 Å². The molecule has 2 rings (SSSR count). The second kappa shape index (κ2) is 9.54. The molecule has 0 heterocycles. The molecule has 0 aromatic heterocycles. The Kier molecular flexibility index (Phi) is 7.40. The van der Waals surface area contributed by atoms with Crippen molar-refractivity contribution in [3.63, 3.8) is 0 Å². The predicted octanol–water partition coefficient (Wildman–Crippen LogP) is 4.79. The van der Waals surface area contributed by atoms with Crippen molar-refractivity contribution in [3.05, 3.63) is 71.8 Å². The molecular weight excluding hydrogens is 322 g/mol. The summed E-state index contributed by atoms with van der Waals surface area (Å²) in [5, 5.41) is 10.3. The van der Waals surface area contributed by atoms with Crippen molar-refractivity contribution in [1.29, 1.82) is 0 Å². The zero-order valence-electron chi connectivity index (χ0n) is 16.3. The Morgan fingerprint density at radius 2 is 1.46 bits per heavy atom. The lowest BCUT2D eigenvalue weighted by Crippen LogP contribution is -2.41. The van der Waals surface area contributed by atoms with Crippen molar-refractivity contribution < 1.29 is 9.90 Å². The summed E-state index contributed by atoms with van der Waals surface area (Å²) < 4.78 is 0. The van der Waals surface area contributed by atoms with Gasteiger partial charge in [-0.15, -0.1) is 0 Å². The van der Waals surface area contributed by atoms with Crippen LogP contribution >= 0.6 is 0 Å². The van der Waals surface area contributed by atoms with Crippen LogP contribution in [0.25, 0.3) is 0 Å². The van der Waals surface area contributed by atoms with E-state index in [1.54, 1.807) is 0 Å². The fourth-order valence-electron chi connectivity index (χ4n) is 3.61. The fourth-order valence-corrected chi connectivity index (χ4v) is 3.61. The van der Waals surface area contributed by atoms with Gasteiger partial charge in [0.25, 0.3) is 0 Å². The van der Waals surface area contributed by atoms with E-state index in [4.69, 9.17) is 0 Å². The van der Waals surface area contributed by atoms with E-state index in [1.807, 2.05) is 62.2 Å². The van der Waals surface area contributed by atoms with Crippen LogP contribution in [0.15, 0.2) is 60.7 Å². The number of hydrogen-bond donors (Lipinski definition) is 1. The van der Waals surface area contributed by atoms with Crippen molar-refractivity contribution in [2.24, 2.45) is 5.92 Å². The molecule has 0 aliphatic carbocycles. The van der Waals surface area contributed by atoms with Crippen LogP contribution in [0.2, 0.25) is 0 Å². The summed E-state index contributed by atoms with van der Waals surface area (Å²) in [4.78, 5) is 14.9. The molecule has 0 fully saturated rings. The number of aliphatic hydroxyl groups is 1. The minimum absolute atomic E-state index is 0.0115. The summed E-state index contributed by atoms with van der Waals surface area (Å²) in [5.41, 5.74) is 2.31. The third-order valence-corrected chi connectivity index (χ3v) is 5.26. The molecule has 0 aliphatic rings. The highest BCUT2D eigenvalue weighted by Gasteiger charge is 2.32. The second-order valence-electron chi connectivity index (χ2n) is 7.15. The maximum atomic E-state index is 13.1. The number of hydrogen-bond acceptors (Lipinski definition) is 2. The molecule has 0 saturated heterocycles. The minimum Gasteiger partial charge on any atom is -0.392 e. The Bertz CT molecular complexity index is 671. The zero-order valence-corrected chi connectivity index (χ0v) is 16.3. The van der Waals surface area contributed by atoms with Crippen LogP contribution in [0.4, 0.5) is 0 Å². The lowest BCUT2D eigenvalue weighted by atomic mass is 9.86. The molecule has 140 valence electrons. The lowest BCUT2D eigenvalue weighted by Gasteiger charge is -2.36. The monoisotopic (exact) mass is 353 g/mol. The lowest BCUT2D eigenvalue weighted by molar-refractivity contribution is -0.140. The van der Waals surface area contributed by atoms with Gasteiger partial charge in [0.05, 0.1) is 18.1 Å². The van der Waals surface area contributed by atoms with Crippen molar-refractivity contribution >= 4 is 5.91 Å². The van der Waals surface area contributed by atoms with E-state index in [1.165, 1.54) is 5.56 Å². The van der Waals surface area contributed by atoms with E-state index in [2.05, 4.69) is 31.2 Å². The first-order valence-electron chi connectivity index (χ1n) is 9.52. The second-order valence-corrected chi connectivity index (χ2v) is 7.15. The van der Waals surface area contributed by atoms with Gasteiger partial charge in [-0.2, -0.15) is 0 Å². The fraction of sp³-hybridized carbons (Fsp3) is 0.435. The molecule has 0 bridgehead atoms. The first-order valence-corrected chi connectivity index (χ1v) is 9.52. The SMILES string of the molecule is CCC[C@@H](O)[C@H](C)C(=O)N(C)[C@H](c1ccccc1)[C@H](C)c1ccccc1. The third-order valence-electron chi connectivity index (χ3n) is 5.26. The molecular formula is C23H31NO2. The van der Waals surface area contributed by atoms with E-state index >= 15 is 0 Å². The van der Waals surface area contributed by atoms with Crippen molar-refractivity contribution in [2.45, 2.75) is 51.7 Å². The molecule has 4 atom stereocenters. The van der Waals surface area contributed by atoms with Crippen LogP contribution in [-0.4, -0.2) is 29.1 Å². The Hall–Kier alpha value is -2.13. The van der Waals surface area contributed by atoms with Gasteiger partial charge in [-0.1, -0.05) is 87.9 Å². The van der Waals surface area contributed by atoms with E-state index < -0.39 is 12.0 Å². The van der Waals surface area contributed by atoms with E-state index in [9.17, 15) is 9.90 Å². The number of aliphatic hydroxyl groups excluding tert-OH is 1. The molecule has 2 aromatic rings. The van der Waals surface area contributed by atoms with Gasteiger partial charge in [0.1, 0.15) is 0 Å². The summed E-state index contributed by atoms with van der Waals surface area (Å²) in [6, 6.07) is 20.3. The largest absolute Gasteiger partial charge is 0.392 e. The van der Waals surface area contributed by atoms with Gasteiger partial charge in [0, 0.05) is 13.0 Å². The molecule has 3 heteroatoms. The van der Waals surface area contributed by atoms with Crippen LogP contribution in [0.1, 0.15) is 56.7 Å². The third kappa shape index (κ3) is 4.73. The molecule has 0 saturated carbocycles. The summed E-state index contributed by atoms with van der Waals surface area (Å²) in [6.07, 6.45) is 0.911. The molecule has 26 heavy (non-hydrogen) atoms. The highest BCUT2D eigenvalue weighted by molar-refractivity contribution is 5.79. The first-order chi connectivity index (χ1) is 12.5. The quantitative estimate of drug-likeness (QED) is 0.741. The van der Waals surface area contributed by atoms with Crippen LogP contribution < -0.4 is 0 Å². The predicted molar refractivity (Wildman–Crippen MR) is 107 cm³/mol. The van der Waals surface area contributed by atoms with E-state index in [-0.39, 0.29) is 17.9 Å². The van der Waals surface area contributed by atoms with E-state index in [0.717, 1.165) is 12.0 Å². The maximum absolute atomic E-state index is 13.1. The van der Waals surface area contributed by atoms with Gasteiger partial charge in [-0.3, -0.25) is 4.79 Å². The molecule has 2 aromatic carbocycles. The number of carbonyl (C=O) groups excluding carboxylic acids is 1. The number of likely N-dealkylation sites (N-methyl/N-ethyl adjacent to an activating group) is 1. The Morgan fingerprint density at radius 1 is 0.962 bits per heavy atom. The molecule has 0 radical (unpaired) electrons. The molecule has 3 nitrogen and oxygen atoms in total. The average molecular weight is 354 g/mol. The van der Waals surface area contributed by atoms with Crippen LogP contribution in [0.5, 0.6) is 0 Å². The van der Waals surface area contributed by atoms with Crippen LogP contribution in [0.3, 0.4) is 0 Å². The molecule has 0 unspecified atom stereocenters. The number of nitrogens with zero attached hydrogens (tertiary/aromatic N) is 1. The van der Waals surface area contributed by atoms with Gasteiger partial charge in [0.2, 0.25) is 5.91 Å². The molecule has 0 spiro atoms. The van der Waals surface area contributed by atoms with Crippen molar-refractivity contribution in [1.82, 2.24) is 4.90 Å². The van der Waals surface area contributed by atoms with Gasteiger partial charge < -0.3 is 10.0 Å². The summed E-state index contributed by atoms with van der Waals surface area (Å²) >= 11 is 0. The van der Waals surface area contributed by atoms with Crippen molar-refractivity contribution in [2.75, 3.05) is 7.05 Å². The Balaban J connectivity index is 2.33. The minimum atomic E-state index is -0.599. The number of rotatable bonds is 8. The van der Waals surface area contributed by atoms with Crippen LogP contribution in [-0.2, 0) is 4.79 Å². The Morgan fingerprint density at radius 3 is 1.96 bits per heavy atom. The average Bonchev–Trinajstić information content (AvgIpc) is 2.68. The Labute approximate surface area is 157 Å². The van der Waals surface area contributed by atoms with Gasteiger partial charge in [-0.05, 0) is 17.5 Å². The molecule has 1 N–H and O–H groups in total. The smallest absolute Gasteiger partial charge is 0.228 e. The maximum Gasteiger partial charge on any atom is 0.228 e.